The lowest BCUT2D eigenvalue weighted by Crippen LogP contribution is -2.28. The largest absolute Gasteiger partial charge is 0.388 e. The number of aliphatic hydroxyl groups is 1. The zero-order valence-electron chi connectivity index (χ0n) is 14.8. The van der Waals surface area contributed by atoms with E-state index in [0.717, 1.165) is 6.42 Å². The molecule has 27 heavy (non-hydrogen) atoms. The van der Waals surface area contributed by atoms with Gasteiger partial charge in [0, 0.05) is 25.8 Å². The molecule has 0 spiro atoms. The molecule has 10 heteroatoms. The third-order valence-corrected chi connectivity index (χ3v) is 5.04. The lowest BCUT2D eigenvalue weighted by atomic mass is 10.1. The highest BCUT2D eigenvalue weighted by Crippen LogP contribution is 2.34. The second-order valence-corrected chi connectivity index (χ2v) is 7.03. The number of hydrogen-bond acceptors (Lipinski definition) is 8. The summed E-state index contributed by atoms with van der Waals surface area (Å²) in [6, 6.07) is 5.22. The minimum Gasteiger partial charge on any atom is -0.388 e. The molecule has 2 atom stereocenters. The van der Waals surface area contributed by atoms with Gasteiger partial charge in [-0.15, -0.1) is 10.2 Å². The molecule has 8 nitrogen and oxygen atoms in total. The Hall–Kier alpha value is -1.71. The molecule has 0 bridgehead atoms. The number of anilines is 2. The number of aliphatic hydroxyl groups excluding tert-OH is 1. The van der Waals surface area contributed by atoms with Crippen molar-refractivity contribution >= 4 is 35.0 Å². The van der Waals surface area contributed by atoms with E-state index in [2.05, 4.69) is 15.2 Å². The van der Waals surface area contributed by atoms with E-state index >= 15 is 0 Å². The van der Waals surface area contributed by atoms with Crippen molar-refractivity contribution < 1.29 is 14.6 Å². The van der Waals surface area contributed by atoms with Crippen LogP contribution in [0.5, 0.6) is 0 Å². The van der Waals surface area contributed by atoms with Crippen LogP contribution >= 0.6 is 23.2 Å². The van der Waals surface area contributed by atoms with Crippen LogP contribution in [0.3, 0.4) is 0 Å². The smallest absolute Gasteiger partial charge is 0.247 e. The summed E-state index contributed by atoms with van der Waals surface area (Å²) < 4.78 is 10.6. The lowest BCUT2D eigenvalue weighted by molar-refractivity contribution is -0.0298. The van der Waals surface area contributed by atoms with Gasteiger partial charge in [0.15, 0.2) is 5.82 Å². The molecule has 1 aliphatic rings. The highest BCUT2D eigenvalue weighted by molar-refractivity contribution is 6.43. The van der Waals surface area contributed by atoms with Crippen LogP contribution < -0.4 is 10.6 Å². The lowest BCUT2D eigenvalue weighted by Gasteiger charge is -2.18. The summed E-state index contributed by atoms with van der Waals surface area (Å²) in [6.45, 7) is 1.77. The maximum absolute atomic E-state index is 9.67. The van der Waals surface area contributed by atoms with Gasteiger partial charge in [-0.3, -0.25) is 0 Å². The van der Waals surface area contributed by atoms with Crippen molar-refractivity contribution in [1.29, 1.82) is 0 Å². The average Bonchev–Trinajstić information content (AvgIpc) is 3.12. The van der Waals surface area contributed by atoms with Crippen molar-refractivity contribution in [2.45, 2.75) is 18.6 Å². The van der Waals surface area contributed by atoms with Crippen LogP contribution in [-0.2, 0) is 9.47 Å². The third-order valence-electron chi connectivity index (χ3n) is 4.22. The minimum absolute atomic E-state index is 0.0246. The standard InChI is InChI=1S/C17H21Cl2N5O3/c1-26-8-10(25)9-27-11-5-6-24(7-11)17-21-16(20)15(22-23-17)12-3-2-4-13(18)14(12)19/h2-4,10-11,25H,5-9H2,1H3,(H2,20,21,23). The molecule has 1 saturated heterocycles. The first-order valence-corrected chi connectivity index (χ1v) is 9.23. The van der Waals surface area contributed by atoms with E-state index in [1.807, 2.05) is 4.90 Å². The number of ether oxygens (including phenoxy) is 2. The fraction of sp³-hybridized carbons (Fsp3) is 0.471. The van der Waals surface area contributed by atoms with Crippen LogP contribution in [0.1, 0.15) is 6.42 Å². The normalized spacial score (nSPS) is 18.1. The van der Waals surface area contributed by atoms with Crippen LogP contribution in [0, 0.1) is 0 Å². The first kappa shape index (κ1) is 20.0. The van der Waals surface area contributed by atoms with Crippen molar-refractivity contribution in [2.75, 3.05) is 44.0 Å². The van der Waals surface area contributed by atoms with E-state index in [1.165, 1.54) is 7.11 Å². The Balaban J connectivity index is 1.67. The molecule has 0 saturated carbocycles. The number of nitrogens with two attached hydrogens (primary N) is 1. The predicted octanol–water partition coefficient (Wildman–Crippen LogP) is 2.03. The molecule has 0 amide bonds. The minimum atomic E-state index is -0.640. The van der Waals surface area contributed by atoms with E-state index < -0.39 is 6.10 Å². The van der Waals surface area contributed by atoms with Gasteiger partial charge in [-0.1, -0.05) is 35.3 Å². The summed E-state index contributed by atoms with van der Waals surface area (Å²) in [5.74, 6) is 0.655. The third kappa shape index (κ3) is 4.77. The van der Waals surface area contributed by atoms with Crippen LogP contribution in [0.4, 0.5) is 11.8 Å². The van der Waals surface area contributed by atoms with E-state index in [1.54, 1.807) is 18.2 Å². The second kappa shape index (κ2) is 8.99. The van der Waals surface area contributed by atoms with E-state index in [9.17, 15) is 5.11 Å². The van der Waals surface area contributed by atoms with Gasteiger partial charge in [0.1, 0.15) is 11.8 Å². The van der Waals surface area contributed by atoms with Gasteiger partial charge in [0.05, 0.1) is 29.4 Å². The number of rotatable bonds is 7. The van der Waals surface area contributed by atoms with Gasteiger partial charge in [0.2, 0.25) is 5.95 Å². The van der Waals surface area contributed by atoms with E-state index in [-0.39, 0.29) is 25.1 Å². The first-order chi connectivity index (χ1) is 13.0. The number of hydrogen-bond donors (Lipinski definition) is 2. The Morgan fingerprint density at radius 3 is 2.89 bits per heavy atom. The molecule has 1 fully saturated rings. The molecular weight excluding hydrogens is 393 g/mol. The Labute approximate surface area is 167 Å². The van der Waals surface area contributed by atoms with Crippen molar-refractivity contribution in [3.63, 3.8) is 0 Å². The number of methoxy groups -OCH3 is 1. The highest BCUT2D eigenvalue weighted by Gasteiger charge is 2.27. The summed E-state index contributed by atoms with van der Waals surface area (Å²) in [4.78, 5) is 6.31. The Kier molecular flexibility index (Phi) is 6.67. The Bertz CT molecular complexity index is 795. The predicted molar refractivity (Wildman–Crippen MR) is 104 cm³/mol. The number of nitrogens with zero attached hydrogens (tertiary/aromatic N) is 4. The van der Waals surface area contributed by atoms with E-state index in [4.69, 9.17) is 38.4 Å². The van der Waals surface area contributed by atoms with Gasteiger partial charge in [0.25, 0.3) is 0 Å². The summed E-state index contributed by atoms with van der Waals surface area (Å²) in [7, 11) is 1.54. The summed E-state index contributed by atoms with van der Waals surface area (Å²) in [6.07, 6.45) is 0.132. The summed E-state index contributed by atoms with van der Waals surface area (Å²) in [5, 5.41) is 18.8. The molecule has 0 radical (unpaired) electrons. The molecular formula is C17H21Cl2N5O3. The zero-order chi connectivity index (χ0) is 19.4. The average molecular weight is 414 g/mol. The summed E-state index contributed by atoms with van der Waals surface area (Å²) >= 11 is 12.3. The molecule has 1 aliphatic heterocycles. The van der Waals surface area contributed by atoms with Crippen molar-refractivity contribution in [1.82, 2.24) is 15.2 Å². The second-order valence-electron chi connectivity index (χ2n) is 6.25. The molecule has 3 rings (SSSR count). The van der Waals surface area contributed by atoms with Gasteiger partial charge in [-0.25, -0.2) is 0 Å². The van der Waals surface area contributed by atoms with Gasteiger partial charge < -0.3 is 25.2 Å². The van der Waals surface area contributed by atoms with Crippen LogP contribution in [0.15, 0.2) is 18.2 Å². The van der Waals surface area contributed by atoms with Crippen molar-refractivity contribution in [3.8, 4) is 11.3 Å². The zero-order valence-corrected chi connectivity index (χ0v) is 16.3. The van der Waals surface area contributed by atoms with Crippen molar-refractivity contribution in [2.24, 2.45) is 0 Å². The number of benzene rings is 1. The molecule has 0 aliphatic carbocycles. The van der Waals surface area contributed by atoms with Crippen LogP contribution in [0.2, 0.25) is 10.0 Å². The molecule has 1 aromatic heterocycles. The molecule has 2 aromatic rings. The maximum Gasteiger partial charge on any atom is 0.247 e. The van der Waals surface area contributed by atoms with Crippen LogP contribution in [-0.4, -0.2) is 65.9 Å². The number of halogens is 2. The Morgan fingerprint density at radius 1 is 1.33 bits per heavy atom. The topological polar surface area (TPSA) is 107 Å². The molecule has 1 aromatic carbocycles. The fourth-order valence-corrected chi connectivity index (χ4v) is 3.27. The highest BCUT2D eigenvalue weighted by atomic mass is 35.5. The van der Waals surface area contributed by atoms with Gasteiger partial charge >= 0.3 is 0 Å². The Morgan fingerprint density at radius 2 is 2.15 bits per heavy atom. The van der Waals surface area contributed by atoms with E-state index in [0.29, 0.717) is 40.3 Å². The molecule has 3 N–H and O–H groups in total. The van der Waals surface area contributed by atoms with Gasteiger partial charge in [-0.2, -0.15) is 4.98 Å². The fourth-order valence-electron chi connectivity index (χ4n) is 2.88. The maximum atomic E-state index is 9.67. The molecule has 2 heterocycles. The quantitative estimate of drug-likeness (QED) is 0.709. The SMILES string of the molecule is COCC(O)COC1CCN(c2nnc(-c3cccc(Cl)c3Cl)c(N)n2)C1. The first-order valence-electron chi connectivity index (χ1n) is 8.47. The van der Waals surface area contributed by atoms with Crippen molar-refractivity contribution in [3.05, 3.63) is 28.2 Å². The van der Waals surface area contributed by atoms with Gasteiger partial charge in [-0.05, 0) is 12.5 Å². The molecule has 2 unspecified atom stereocenters. The number of aromatic nitrogens is 3. The molecule has 146 valence electrons. The monoisotopic (exact) mass is 413 g/mol. The number of nitrogen functional groups attached to an aromatic ring is 1. The summed E-state index contributed by atoms with van der Waals surface area (Å²) in [5.41, 5.74) is 7.06. The van der Waals surface area contributed by atoms with Crippen LogP contribution in [0.25, 0.3) is 11.3 Å².